The number of nitrogens with one attached hydrogen (secondary N) is 1. The molecule has 16 heavy (non-hydrogen) atoms. The minimum atomic E-state index is -0.912. The van der Waals surface area contributed by atoms with Crippen molar-refractivity contribution in [1.29, 1.82) is 0 Å². The molecule has 0 saturated carbocycles. The third-order valence-electron chi connectivity index (χ3n) is 2.40. The van der Waals surface area contributed by atoms with Crippen LogP contribution in [0.1, 0.15) is 13.8 Å². The second kappa shape index (κ2) is 6.10. The van der Waals surface area contributed by atoms with Gasteiger partial charge in [0.05, 0.1) is 6.54 Å². The first-order chi connectivity index (χ1) is 7.52. The highest BCUT2D eigenvalue weighted by Gasteiger charge is 2.31. The van der Waals surface area contributed by atoms with Gasteiger partial charge >= 0.3 is 5.97 Å². The van der Waals surface area contributed by atoms with Gasteiger partial charge in [-0.3, -0.25) is 4.79 Å². The molecular formula is C10H18N2O3S. The molecule has 1 heterocycles. The maximum Gasteiger partial charge on any atom is 0.327 e. The molecule has 1 aliphatic heterocycles. The molecule has 1 amide bonds. The summed E-state index contributed by atoms with van der Waals surface area (Å²) in [7, 11) is 0. The predicted molar refractivity (Wildman–Crippen MR) is 63.6 cm³/mol. The number of hydrogen-bond acceptors (Lipinski definition) is 4. The highest BCUT2D eigenvalue weighted by molar-refractivity contribution is 7.99. The molecule has 1 unspecified atom stereocenters. The van der Waals surface area contributed by atoms with Crippen LogP contribution in [0.4, 0.5) is 0 Å². The molecule has 0 aromatic carbocycles. The Morgan fingerprint density at radius 2 is 2.25 bits per heavy atom. The summed E-state index contributed by atoms with van der Waals surface area (Å²) < 4.78 is 0. The fraction of sp³-hybridized carbons (Fsp3) is 0.800. The largest absolute Gasteiger partial charge is 0.480 e. The van der Waals surface area contributed by atoms with Gasteiger partial charge in [-0.25, -0.2) is 4.79 Å². The molecular weight excluding hydrogens is 228 g/mol. The summed E-state index contributed by atoms with van der Waals surface area (Å²) in [6.45, 7) is 4.65. The van der Waals surface area contributed by atoms with Crippen molar-refractivity contribution in [3.63, 3.8) is 0 Å². The fourth-order valence-corrected chi connectivity index (χ4v) is 2.54. The molecule has 1 aliphatic rings. The number of carboxylic acids is 1. The minimum absolute atomic E-state index is 0.124. The summed E-state index contributed by atoms with van der Waals surface area (Å²) in [5.74, 6) is 0.270. The van der Waals surface area contributed by atoms with E-state index in [1.807, 2.05) is 13.8 Å². The third kappa shape index (κ3) is 3.68. The maximum atomic E-state index is 11.8. The van der Waals surface area contributed by atoms with E-state index in [2.05, 4.69) is 5.32 Å². The lowest BCUT2D eigenvalue weighted by atomic mass is 10.2. The standard InChI is InChI=1S/C10H18N2O3S/c1-7(2)11-5-9(13)12-3-4-16-6-8(12)10(14)15/h7-8,11H,3-6H2,1-2H3,(H,14,15). The lowest BCUT2D eigenvalue weighted by Crippen LogP contribution is -2.53. The van der Waals surface area contributed by atoms with E-state index in [1.165, 1.54) is 4.90 Å². The second-order valence-electron chi connectivity index (χ2n) is 4.05. The van der Waals surface area contributed by atoms with Gasteiger partial charge in [-0.15, -0.1) is 0 Å². The summed E-state index contributed by atoms with van der Waals surface area (Å²) in [5.41, 5.74) is 0. The van der Waals surface area contributed by atoms with Crippen LogP contribution in [0.15, 0.2) is 0 Å². The Hall–Kier alpha value is -0.750. The molecule has 0 aliphatic carbocycles. The van der Waals surface area contributed by atoms with Crippen molar-refractivity contribution in [3.8, 4) is 0 Å². The molecule has 0 aromatic rings. The maximum absolute atomic E-state index is 11.8. The zero-order chi connectivity index (χ0) is 12.1. The van der Waals surface area contributed by atoms with Gasteiger partial charge in [0.15, 0.2) is 0 Å². The number of carbonyl (C=O) groups is 2. The molecule has 2 N–H and O–H groups in total. The van der Waals surface area contributed by atoms with Crippen LogP contribution in [0.2, 0.25) is 0 Å². The molecule has 0 aromatic heterocycles. The number of carbonyl (C=O) groups excluding carboxylic acids is 1. The Labute approximate surface area is 99.6 Å². The molecule has 0 radical (unpaired) electrons. The van der Waals surface area contributed by atoms with Crippen LogP contribution >= 0.6 is 11.8 Å². The molecule has 92 valence electrons. The molecule has 1 rings (SSSR count). The van der Waals surface area contributed by atoms with Crippen molar-refractivity contribution >= 4 is 23.6 Å². The summed E-state index contributed by atoms with van der Waals surface area (Å²) in [5, 5.41) is 12.0. The highest BCUT2D eigenvalue weighted by Crippen LogP contribution is 2.16. The highest BCUT2D eigenvalue weighted by atomic mass is 32.2. The van der Waals surface area contributed by atoms with Gasteiger partial charge in [-0.1, -0.05) is 13.8 Å². The molecule has 1 atom stereocenters. The van der Waals surface area contributed by atoms with Gasteiger partial charge in [-0.05, 0) is 0 Å². The molecule has 5 nitrogen and oxygen atoms in total. The zero-order valence-electron chi connectivity index (χ0n) is 9.60. The van der Waals surface area contributed by atoms with Crippen LogP contribution in [0.25, 0.3) is 0 Å². The van der Waals surface area contributed by atoms with Crippen molar-refractivity contribution in [2.75, 3.05) is 24.6 Å². The summed E-state index contributed by atoms with van der Waals surface area (Å²) in [4.78, 5) is 24.3. The van der Waals surface area contributed by atoms with Crippen molar-refractivity contribution < 1.29 is 14.7 Å². The Balaban J connectivity index is 2.54. The Bertz CT molecular complexity index is 271. The predicted octanol–water partition coefficient (Wildman–Crippen LogP) is 0.0130. The molecule has 1 fully saturated rings. The molecule has 0 bridgehead atoms. The number of amides is 1. The van der Waals surface area contributed by atoms with Gasteiger partial charge in [0, 0.05) is 24.1 Å². The van der Waals surface area contributed by atoms with Gasteiger partial charge in [0.2, 0.25) is 5.91 Å². The fourth-order valence-electron chi connectivity index (χ4n) is 1.50. The van der Waals surface area contributed by atoms with E-state index >= 15 is 0 Å². The van der Waals surface area contributed by atoms with Crippen LogP contribution in [-0.4, -0.2) is 58.6 Å². The van der Waals surface area contributed by atoms with Crippen LogP contribution in [0.5, 0.6) is 0 Å². The number of aliphatic carboxylic acids is 1. The van der Waals surface area contributed by atoms with Gasteiger partial charge in [0.25, 0.3) is 0 Å². The number of thioether (sulfide) groups is 1. The van der Waals surface area contributed by atoms with Gasteiger partial charge in [0.1, 0.15) is 6.04 Å². The van der Waals surface area contributed by atoms with Crippen molar-refractivity contribution in [2.45, 2.75) is 25.9 Å². The Kier molecular flexibility index (Phi) is 5.08. The number of nitrogens with zero attached hydrogens (tertiary/aromatic N) is 1. The van der Waals surface area contributed by atoms with E-state index in [0.717, 1.165) is 5.75 Å². The van der Waals surface area contributed by atoms with E-state index in [0.29, 0.717) is 12.3 Å². The first-order valence-electron chi connectivity index (χ1n) is 5.35. The minimum Gasteiger partial charge on any atom is -0.480 e. The van der Waals surface area contributed by atoms with Crippen LogP contribution in [0, 0.1) is 0 Å². The van der Waals surface area contributed by atoms with Crippen LogP contribution < -0.4 is 5.32 Å². The molecule has 6 heteroatoms. The summed E-state index contributed by atoms with van der Waals surface area (Å²) in [6, 6.07) is -0.438. The first-order valence-corrected chi connectivity index (χ1v) is 6.51. The quantitative estimate of drug-likeness (QED) is 0.731. The SMILES string of the molecule is CC(C)NCC(=O)N1CCSCC1C(=O)O. The average molecular weight is 246 g/mol. The van der Waals surface area contributed by atoms with E-state index in [9.17, 15) is 9.59 Å². The number of carboxylic acid groups (broad SMARTS) is 1. The summed E-state index contributed by atoms with van der Waals surface area (Å²) in [6.07, 6.45) is 0. The summed E-state index contributed by atoms with van der Waals surface area (Å²) >= 11 is 1.58. The van der Waals surface area contributed by atoms with E-state index in [-0.39, 0.29) is 18.5 Å². The number of rotatable bonds is 4. The smallest absolute Gasteiger partial charge is 0.327 e. The van der Waals surface area contributed by atoms with Crippen molar-refractivity contribution in [2.24, 2.45) is 0 Å². The van der Waals surface area contributed by atoms with E-state index in [1.54, 1.807) is 11.8 Å². The topological polar surface area (TPSA) is 69.6 Å². The zero-order valence-corrected chi connectivity index (χ0v) is 10.4. The lowest BCUT2D eigenvalue weighted by molar-refractivity contribution is -0.148. The Morgan fingerprint density at radius 3 is 2.81 bits per heavy atom. The van der Waals surface area contributed by atoms with Crippen LogP contribution in [0.3, 0.4) is 0 Å². The Morgan fingerprint density at radius 1 is 1.56 bits per heavy atom. The van der Waals surface area contributed by atoms with Gasteiger partial charge in [-0.2, -0.15) is 11.8 Å². The van der Waals surface area contributed by atoms with Gasteiger partial charge < -0.3 is 15.3 Å². The van der Waals surface area contributed by atoms with E-state index in [4.69, 9.17) is 5.11 Å². The van der Waals surface area contributed by atoms with E-state index < -0.39 is 12.0 Å². The second-order valence-corrected chi connectivity index (χ2v) is 5.20. The average Bonchev–Trinajstić information content (AvgIpc) is 2.25. The third-order valence-corrected chi connectivity index (χ3v) is 3.42. The normalized spacial score (nSPS) is 21.2. The van der Waals surface area contributed by atoms with Crippen LogP contribution in [-0.2, 0) is 9.59 Å². The monoisotopic (exact) mass is 246 g/mol. The van der Waals surface area contributed by atoms with Crippen molar-refractivity contribution in [3.05, 3.63) is 0 Å². The van der Waals surface area contributed by atoms with Crippen molar-refractivity contribution in [1.82, 2.24) is 10.2 Å². The lowest BCUT2D eigenvalue weighted by Gasteiger charge is -2.32. The molecule has 1 saturated heterocycles. The number of hydrogen-bond donors (Lipinski definition) is 2. The molecule has 0 spiro atoms. The first kappa shape index (κ1) is 13.3.